The van der Waals surface area contributed by atoms with Crippen LogP contribution >= 0.6 is 0 Å². The van der Waals surface area contributed by atoms with Crippen LogP contribution in [0.25, 0.3) is 0 Å². The Balaban J connectivity index is 2.84. The van der Waals surface area contributed by atoms with Crippen LogP contribution < -0.4 is 0 Å². The number of hydrogen-bond acceptors (Lipinski definition) is 2. The number of carbonyl (C=O) groups is 1. The second-order valence-corrected chi connectivity index (χ2v) is 5.64. The number of aryl methyl sites for hydroxylation is 2. The Morgan fingerprint density at radius 2 is 1.84 bits per heavy atom. The smallest absolute Gasteiger partial charge is 0.179 e. The summed E-state index contributed by atoms with van der Waals surface area (Å²) in [7, 11) is 2.05. The van der Waals surface area contributed by atoms with Crippen molar-refractivity contribution in [3.8, 4) is 0 Å². The van der Waals surface area contributed by atoms with Crippen LogP contribution in [0.3, 0.4) is 0 Å². The zero-order chi connectivity index (χ0) is 14.6. The summed E-state index contributed by atoms with van der Waals surface area (Å²) in [5.74, 6) is 0.216. The number of hydrogen-bond donors (Lipinski definition) is 0. The molecule has 1 rings (SSSR count). The Kier molecular flexibility index (Phi) is 5.74. The van der Waals surface area contributed by atoms with Gasteiger partial charge in [0.25, 0.3) is 0 Å². The molecular formula is C17H27NO. The monoisotopic (exact) mass is 261 g/mol. The number of rotatable bonds is 6. The fraction of sp³-hybridized carbons (Fsp3) is 0.588. The Hall–Kier alpha value is -1.15. The Bertz CT molecular complexity index is 439. The lowest BCUT2D eigenvalue weighted by Crippen LogP contribution is -2.41. The highest BCUT2D eigenvalue weighted by molar-refractivity contribution is 6.00. The molecule has 0 spiro atoms. The number of nitrogens with zero attached hydrogens (tertiary/aromatic N) is 1. The van der Waals surface area contributed by atoms with Crippen LogP contribution in [-0.4, -0.2) is 29.8 Å². The molecule has 19 heavy (non-hydrogen) atoms. The fourth-order valence-electron chi connectivity index (χ4n) is 2.32. The molecule has 2 nitrogen and oxygen atoms in total. The van der Waals surface area contributed by atoms with Crippen LogP contribution in [-0.2, 0) is 0 Å². The first-order chi connectivity index (χ1) is 8.88. The van der Waals surface area contributed by atoms with Crippen LogP contribution in [0, 0.1) is 13.8 Å². The van der Waals surface area contributed by atoms with E-state index in [1.54, 1.807) is 0 Å². The van der Waals surface area contributed by atoms with E-state index < -0.39 is 0 Å². The first-order valence-electron chi connectivity index (χ1n) is 7.21. The lowest BCUT2D eigenvalue weighted by molar-refractivity contribution is 0.0820. The summed E-state index contributed by atoms with van der Waals surface area (Å²) in [4.78, 5) is 14.7. The molecule has 1 aromatic rings. The van der Waals surface area contributed by atoms with Crippen molar-refractivity contribution in [2.45, 2.75) is 59.5 Å². The summed E-state index contributed by atoms with van der Waals surface area (Å²) in [6, 6.07) is 6.36. The van der Waals surface area contributed by atoms with Crippen molar-refractivity contribution in [1.29, 1.82) is 0 Å². The van der Waals surface area contributed by atoms with Gasteiger partial charge in [-0.3, -0.25) is 9.69 Å². The zero-order valence-corrected chi connectivity index (χ0v) is 13.2. The molecule has 0 saturated heterocycles. The molecule has 0 heterocycles. The van der Waals surface area contributed by atoms with Crippen molar-refractivity contribution >= 4 is 5.78 Å². The standard InChI is InChI=1S/C17H27NO/c1-7-8-14(4)18(6)15(5)17(19)16-10-9-12(2)13(3)11-16/h9-11,14-15H,7-8H2,1-6H3. The van der Waals surface area contributed by atoms with Gasteiger partial charge >= 0.3 is 0 Å². The van der Waals surface area contributed by atoms with E-state index in [2.05, 4.69) is 32.6 Å². The van der Waals surface area contributed by atoms with E-state index in [9.17, 15) is 4.79 Å². The van der Waals surface area contributed by atoms with E-state index >= 15 is 0 Å². The summed E-state index contributed by atoms with van der Waals surface area (Å²) in [6.45, 7) is 10.5. The lowest BCUT2D eigenvalue weighted by atomic mass is 9.99. The van der Waals surface area contributed by atoms with E-state index in [-0.39, 0.29) is 11.8 Å². The maximum atomic E-state index is 12.5. The van der Waals surface area contributed by atoms with Gasteiger partial charge in [-0.05, 0) is 58.4 Å². The van der Waals surface area contributed by atoms with Crippen LogP contribution in [0.4, 0.5) is 0 Å². The van der Waals surface area contributed by atoms with Gasteiger partial charge < -0.3 is 0 Å². The summed E-state index contributed by atoms with van der Waals surface area (Å²) < 4.78 is 0. The van der Waals surface area contributed by atoms with Gasteiger partial charge in [-0.25, -0.2) is 0 Å². The normalized spacial score (nSPS) is 14.5. The molecule has 0 aliphatic rings. The molecule has 0 radical (unpaired) electrons. The lowest BCUT2D eigenvalue weighted by Gasteiger charge is -2.29. The number of carbonyl (C=O) groups excluding carboxylic acids is 1. The average Bonchev–Trinajstić information content (AvgIpc) is 2.39. The minimum atomic E-state index is -0.0661. The number of Topliss-reactive ketones (excluding diaryl/α,β-unsaturated/α-hetero) is 1. The molecule has 0 aliphatic heterocycles. The van der Waals surface area contributed by atoms with Gasteiger partial charge in [0.1, 0.15) is 0 Å². The highest BCUT2D eigenvalue weighted by Gasteiger charge is 2.22. The van der Waals surface area contributed by atoms with Crippen LogP contribution in [0.15, 0.2) is 18.2 Å². The quantitative estimate of drug-likeness (QED) is 0.722. The molecule has 106 valence electrons. The van der Waals surface area contributed by atoms with E-state index in [1.807, 2.05) is 32.2 Å². The maximum absolute atomic E-state index is 12.5. The molecule has 2 atom stereocenters. The van der Waals surface area contributed by atoms with Crippen molar-refractivity contribution < 1.29 is 4.79 Å². The Labute approximate surface area is 117 Å². The van der Waals surface area contributed by atoms with Crippen molar-refractivity contribution in [3.63, 3.8) is 0 Å². The molecule has 1 aromatic carbocycles. The van der Waals surface area contributed by atoms with Gasteiger partial charge in [-0.2, -0.15) is 0 Å². The van der Waals surface area contributed by atoms with Crippen LogP contribution in [0.1, 0.15) is 55.1 Å². The van der Waals surface area contributed by atoms with E-state index in [4.69, 9.17) is 0 Å². The molecule has 0 bridgehead atoms. The highest BCUT2D eigenvalue weighted by atomic mass is 16.1. The third-order valence-corrected chi connectivity index (χ3v) is 4.18. The van der Waals surface area contributed by atoms with Crippen molar-refractivity contribution in [1.82, 2.24) is 4.90 Å². The van der Waals surface area contributed by atoms with Gasteiger partial charge in [0.05, 0.1) is 6.04 Å². The summed E-state index contributed by atoms with van der Waals surface area (Å²) >= 11 is 0. The molecule has 2 unspecified atom stereocenters. The van der Waals surface area contributed by atoms with Crippen molar-refractivity contribution in [2.75, 3.05) is 7.05 Å². The largest absolute Gasteiger partial charge is 0.294 e. The molecule has 0 N–H and O–H groups in total. The van der Waals surface area contributed by atoms with E-state index in [0.717, 1.165) is 18.4 Å². The number of ketones is 1. The first-order valence-corrected chi connectivity index (χ1v) is 7.21. The van der Waals surface area contributed by atoms with Gasteiger partial charge in [0.2, 0.25) is 0 Å². The number of likely N-dealkylation sites (N-methyl/N-ethyl adjacent to an activating group) is 1. The third-order valence-electron chi connectivity index (χ3n) is 4.18. The van der Waals surface area contributed by atoms with Crippen LogP contribution in [0.2, 0.25) is 0 Å². The molecular weight excluding hydrogens is 234 g/mol. The van der Waals surface area contributed by atoms with Gasteiger partial charge in [-0.15, -0.1) is 0 Å². The summed E-state index contributed by atoms with van der Waals surface area (Å²) in [5, 5.41) is 0. The topological polar surface area (TPSA) is 20.3 Å². The molecule has 0 fully saturated rings. The van der Waals surface area contributed by atoms with Gasteiger partial charge in [0, 0.05) is 11.6 Å². The number of benzene rings is 1. The highest BCUT2D eigenvalue weighted by Crippen LogP contribution is 2.16. The first kappa shape index (κ1) is 15.9. The van der Waals surface area contributed by atoms with Crippen LogP contribution in [0.5, 0.6) is 0 Å². The van der Waals surface area contributed by atoms with Gasteiger partial charge in [0.15, 0.2) is 5.78 Å². The molecule has 0 aromatic heterocycles. The predicted octanol–water partition coefficient (Wildman–Crippen LogP) is 4.00. The van der Waals surface area contributed by atoms with E-state index in [1.165, 1.54) is 11.1 Å². The summed E-state index contributed by atoms with van der Waals surface area (Å²) in [5.41, 5.74) is 3.24. The molecule has 2 heteroatoms. The van der Waals surface area contributed by atoms with Gasteiger partial charge in [-0.1, -0.05) is 25.5 Å². The predicted molar refractivity (Wildman–Crippen MR) is 81.8 cm³/mol. The Morgan fingerprint density at radius 1 is 1.21 bits per heavy atom. The summed E-state index contributed by atoms with van der Waals surface area (Å²) in [6.07, 6.45) is 2.27. The minimum absolute atomic E-state index is 0.0661. The zero-order valence-electron chi connectivity index (χ0n) is 13.2. The molecule has 0 amide bonds. The second kappa shape index (κ2) is 6.85. The SMILES string of the molecule is CCCC(C)N(C)C(C)C(=O)c1ccc(C)c(C)c1. The van der Waals surface area contributed by atoms with Crippen molar-refractivity contribution in [3.05, 3.63) is 34.9 Å². The molecule has 0 aliphatic carbocycles. The third kappa shape index (κ3) is 3.90. The fourth-order valence-corrected chi connectivity index (χ4v) is 2.32. The Morgan fingerprint density at radius 3 is 2.37 bits per heavy atom. The second-order valence-electron chi connectivity index (χ2n) is 5.64. The van der Waals surface area contributed by atoms with E-state index in [0.29, 0.717) is 6.04 Å². The maximum Gasteiger partial charge on any atom is 0.179 e. The average molecular weight is 261 g/mol. The minimum Gasteiger partial charge on any atom is -0.294 e. The van der Waals surface area contributed by atoms with Crippen molar-refractivity contribution in [2.24, 2.45) is 0 Å². The molecule has 0 saturated carbocycles.